The third-order valence-corrected chi connectivity index (χ3v) is 0.567. The van der Waals surface area contributed by atoms with Crippen LogP contribution < -0.4 is 0 Å². The molecule has 0 saturated heterocycles. The number of hydrogen-bond donors (Lipinski definition) is 0. The first-order valence-electron chi connectivity index (χ1n) is 4.18. The summed E-state index contributed by atoms with van der Waals surface area (Å²) in [6.45, 7) is 10.1. The van der Waals surface area contributed by atoms with Crippen molar-refractivity contribution in [2.45, 2.75) is 41.0 Å². The van der Waals surface area contributed by atoms with E-state index >= 15 is 0 Å². The SMILES string of the molecule is CC.CCC.Cc1ccno1. The van der Waals surface area contributed by atoms with E-state index in [-0.39, 0.29) is 0 Å². The molecule has 1 aromatic rings. The zero-order valence-corrected chi connectivity index (χ0v) is 8.22. The lowest BCUT2D eigenvalue weighted by atomic mass is 10.5. The summed E-state index contributed by atoms with van der Waals surface area (Å²) >= 11 is 0. The molecular formula is C9H19NO. The third kappa shape index (κ3) is 12.4. The zero-order valence-electron chi connectivity index (χ0n) is 8.22. The molecular weight excluding hydrogens is 138 g/mol. The molecule has 0 aliphatic heterocycles. The highest BCUT2D eigenvalue weighted by molar-refractivity contribution is 4.87. The van der Waals surface area contributed by atoms with E-state index in [0.717, 1.165) is 5.76 Å². The van der Waals surface area contributed by atoms with Gasteiger partial charge in [0.1, 0.15) is 5.76 Å². The number of rotatable bonds is 0. The Hall–Kier alpha value is -0.790. The van der Waals surface area contributed by atoms with Gasteiger partial charge in [0, 0.05) is 6.07 Å². The van der Waals surface area contributed by atoms with Crippen LogP contribution >= 0.6 is 0 Å². The van der Waals surface area contributed by atoms with Crippen LogP contribution in [0, 0.1) is 6.92 Å². The molecule has 0 atom stereocenters. The van der Waals surface area contributed by atoms with Gasteiger partial charge >= 0.3 is 0 Å². The van der Waals surface area contributed by atoms with Gasteiger partial charge in [-0.2, -0.15) is 0 Å². The minimum atomic E-state index is 0.856. The van der Waals surface area contributed by atoms with Gasteiger partial charge in [0.2, 0.25) is 0 Å². The van der Waals surface area contributed by atoms with E-state index in [4.69, 9.17) is 0 Å². The Labute approximate surface area is 69.6 Å². The van der Waals surface area contributed by atoms with Gasteiger partial charge in [-0.05, 0) is 6.92 Å². The molecule has 0 unspecified atom stereocenters. The lowest BCUT2D eigenvalue weighted by Crippen LogP contribution is -1.50. The molecule has 2 nitrogen and oxygen atoms in total. The molecule has 0 aromatic carbocycles. The van der Waals surface area contributed by atoms with Crippen molar-refractivity contribution < 1.29 is 4.52 Å². The largest absolute Gasteiger partial charge is 0.362 e. The summed E-state index contributed by atoms with van der Waals surface area (Å²) in [5.74, 6) is 0.856. The number of nitrogens with zero attached hydrogens (tertiary/aromatic N) is 1. The second-order valence-corrected chi connectivity index (χ2v) is 1.83. The van der Waals surface area contributed by atoms with Gasteiger partial charge in [0.15, 0.2) is 0 Å². The highest BCUT2D eigenvalue weighted by Crippen LogP contribution is 1.88. The average molecular weight is 157 g/mol. The molecule has 0 bridgehead atoms. The maximum Gasteiger partial charge on any atom is 0.133 e. The molecule has 0 saturated carbocycles. The van der Waals surface area contributed by atoms with Crippen molar-refractivity contribution in [3.63, 3.8) is 0 Å². The van der Waals surface area contributed by atoms with Gasteiger partial charge < -0.3 is 4.52 Å². The smallest absolute Gasteiger partial charge is 0.133 e. The summed E-state index contributed by atoms with van der Waals surface area (Å²) in [4.78, 5) is 0. The Balaban J connectivity index is 0. The molecule has 1 rings (SSSR count). The molecule has 1 aromatic heterocycles. The maximum absolute atomic E-state index is 4.58. The summed E-state index contributed by atoms with van der Waals surface area (Å²) in [5.41, 5.74) is 0. The first kappa shape index (κ1) is 12.8. The van der Waals surface area contributed by atoms with Gasteiger partial charge in [-0.25, -0.2) is 0 Å². The van der Waals surface area contributed by atoms with Crippen LogP contribution in [0.1, 0.15) is 39.9 Å². The topological polar surface area (TPSA) is 26.0 Å². The Morgan fingerprint density at radius 2 is 1.82 bits per heavy atom. The van der Waals surface area contributed by atoms with Crippen molar-refractivity contribution in [2.75, 3.05) is 0 Å². The molecule has 0 aliphatic rings. The number of hydrogen-bond acceptors (Lipinski definition) is 2. The fraction of sp³-hybridized carbons (Fsp3) is 0.667. The molecule has 11 heavy (non-hydrogen) atoms. The second-order valence-electron chi connectivity index (χ2n) is 1.83. The minimum Gasteiger partial charge on any atom is -0.362 e. The van der Waals surface area contributed by atoms with Crippen molar-refractivity contribution >= 4 is 0 Å². The van der Waals surface area contributed by atoms with Crippen LogP contribution in [0.2, 0.25) is 0 Å². The van der Waals surface area contributed by atoms with Crippen molar-refractivity contribution in [3.05, 3.63) is 18.0 Å². The molecule has 0 amide bonds. The molecule has 0 N–H and O–H groups in total. The Morgan fingerprint density at radius 1 is 1.36 bits per heavy atom. The van der Waals surface area contributed by atoms with Crippen molar-refractivity contribution in [3.8, 4) is 0 Å². The quantitative estimate of drug-likeness (QED) is 0.576. The predicted molar refractivity (Wildman–Crippen MR) is 48.6 cm³/mol. The summed E-state index contributed by atoms with van der Waals surface area (Å²) in [5, 5.41) is 3.45. The standard InChI is InChI=1S/C4H5NO.C3H8.C2H6/c1-4-2-3-5-6-4;1-3-2;1-2/h2-3H,1H3;3H2,1-2H3;1-2H3. The van der Waals surface area contributed by atoms with Crippen molar-refractivity contribution in [1.29, 1.82) is 0 Å². The Morgan fingerprint density at radius 3 is 1.91 bits per heavy atom. The van der Waals surface area contributed by atoms with E-state index in [2.05, 4.69) is 23.5 Å². The molecule has 2 heteroatoms. The van der Waals surface area contributed by atoms with Gasteiger partial charge in [0.05, 0.1) is 6.20 Å². The lowest BCUT2D eigenvalue weighted by molar-refractivity contribution is 0.397. The van der Waals surface area contributed by atoms with Crippen LogP contribution in [0.4, 0.5) is 0 Å². The fourth-order valence-corrected chi connectivity index (χ4v) is 0.279. The average Bonchev–Trinajstić information content (AvgIpc) is 2.46. The lowest BCUT2D eigenvalue weighted by Gasteiger charge is -1.65. The predicted octanol–water partition coefficient (Wildman–Crippen LogP) is 3.43. The van der Waals surface area contributed by atoms with Crippen molar-refractivity contribution in [1.82, 2.24) is 5.16 Å². The van der Waals surface area contributed by atoms with Gasteiger partial charge in [-0.3, -0.25) is 0 Å². The van der Waals surface area contributed by atoms with Gasteiger partial charge in [-0.15, -0.1) is 0 Å². The third-order valence-electron chi connectivity index (χ3n) is 0.567. The van der Waals surface area contributed by atoms with E-state index in [9.17, 15) is 0 Å². The summed E-state index contributed by atoms with van der Waals surface area (Å²) in [6, 6.07) is 1.81. The molecule has 0 aliphatic carbocycles. The van der Waals surface area contributed by atoms with E-state index < -0.39 is 0 Å². The second kappa shape index (κ2) is 11.9. The van der Waals surface area contributed by atoms with Crippen LogP contribution in [0.25, 0.3) is 0 Å². The fourth-order valence-electron chi connectivity index (χ4n) is 0.279. The normalized spacial score (nSPS) is 7.00. The van der Waals surface area contributed by atoms with Gasteiger partial charge in [0.25, 0.3) is 0 Å². The Bertz CT molecular complexity index is 124. The molecule has 66 valence electrons. The van der Waals surface area contributed by atoms with Crippen molar-refractivity contribution in [2.24, 2.45) is 0 Å². The maximum atomic E-state index is 4.58. The first-order valence-corrected chi connectivity index (χ1v) is 4.18. The van der Waals surface area contributed by atoms with E-state index in [1.54, 1.807) is 12.3 Å². The molecule has 0 fully saturated rings. The Kier molecular flexibility index (Phi) is 13.9. The van der Waals surface area contributed by atoms with E-state index in [1.807, 2.05) is 20.8 Å². The summed E-state index contributed by atoms with van der Waals surface area (Å²) in [6.07, 6.45) is 2.87. The van der Waals surface area contributed by atoms with E-state index in [1.165, 1.54) is 6.42 Å². The molecule has 0 spiro atoms. The van der Waals surface area contributed by atoms with Crippen LogP contribution in [-0.2, 0) is 0 Å². The monoisotopic (exact) mass is 157 g/mol. The molecule has 0 radical (unpaired) electrons. The first-order chi connectivity index (χ1) is 5.31. The minimum absolute atomic E-state index is 0.856. The van der Waals surface area contributed by atoms with Crippen LogP contribution in [0.5, 0.6) is 0 Å². The van der Waals surface area contributed by atoms with E-state index in [0.29, 0.717) is 0 Å². The van der Waals surface area contributed by atoms with Crippen LogP contribution in [-0.4, -0.2) is 5.16 Å². The highest BCUT2D eigenvalue weighted by Gasteiger charge is 1.78. The number of aryl methyl sites for hydroxylation is 1. The van der Waals surface area contributed by atoms with Crippen LogP contribution in [0.3, 0.4) is 0 Å². The van der Waals surface area contributed by atoms with Crippen LogP contribution in [0.15, 0.2) is 16.8 Å². The summed E-state index contributed by atoms with van der Waals surface area (Å²) in [7, 11) is 0. The number of aromatic nitrogens is 1. The van der Waals surface area contributed by atoms with Gasteiger partial charge in [-0.1, -0.05) is 39.3 Å². The summed E-state index contributed by atoms with van der Waals surface area (Å²) < 4.78 is 4.58. The highest BCUT2D eigenvalue weighted by atomic mass is 16.5. The molecule has 1 heterocycles. The zero-order chi connectivity index (χ0) is 9.11.